The number of hydrogen-bond acceptors (Lipinski definition) is 4. The minimum Gasteiger partial charge on any atom is -0.456 e. The summed E-state index contributed by atoms with van der Waals surface area (Å²) in [6, 6.07) is 48.0. The molecule has 0 saturated carbocycles. The van der Waals surface area contributed by atoms with Gasteiger partial charge in [0.2, 0.25) is 0 Å². The van der Waals surface area contributed by atoms with Gasteiger partial charge >= 0.3 is 0 Å². The molecule has 0 saturated heterocycles. The Hall–Kier alpha value is -6.90. The van der Waals surface area contributed by atoms with Gasteiger partial charge in [-0.15, -0.1) is 0 Å². The van der Waals surface area contributed by atoms with Crippen molar-refractivity contribution in [2.75, 3.05) is 14.7 Å². The minimum atomic E-state index is -0.816. The number of rotatable bonds is 6. The van der Waals surface area contributed by atoms with Crippen LogP contribution in [0.1, 0.15) is 125 Å². The number of para-hydroxylation sites is 1. The molecular formula is C72H74BIN3O. The molecule has 4 nitrogen and oxygen atoms in total. The highest BCUT2D eigenvalue weighted by Crippen LogP contribution is 2.45. The van der Waals surface area contributed by atoms with Gasteiger partial charge in [-0.3, -0.25) is 0 Å². The fourth-order valence-electron chi connectivity index (χ4n) is 11.0. The summed E-state index contributed by atoms with van der Waals surface area (Å²) in [6.07, 6.45) is 25.4. The summed E-state index contributed by atoms with van der Waals surface area (Å²) < 4.78 is 9.18. The Morgan fingerprint density at radius 3 is 1.88 bits per heavy atom. The summed E-state index contributed by atoms with van der Waals surface area (Å²) >= 11 is -0.816. The smallest absolute Gasteiger partial charge is 0.197 e. The van der Waals surface area contributed by atoms with Crippen molar-refractivity contribution in [3.8, 4) is 0 Å². The maximum atomic E-state index is 6.51. The van der Waals surface area contributed by atoms with Crippen molar-refractivity contribution in [1.82, 2.24) is 0 Å². The molecule has 393 valence electrons. The first-order valence-electron chi connectivity index (χ1n) is 27.8. The number of halogens is 1. The molecule has 3 heterocycles. The molecule has 0 atom stereocenters. The van der Waals surface area contributed by atoms with Crippen molar-refractivity contribution in [2.45, 2.75) is 119 Å². The van der Waals surface area contributed by atoms with Crippen molar-refractivity contribution in [3.63, 3.8) is 0 Å². The standard InChI is InChI=1S/C72H74BIN3O/c1-47-41-67-74-68(42-47)77(57-21-15-14-19-48(43-57)49-25-38-60-59-23-16-17-24-65(59)78-66(60)44-49)64-46-58(75(55-33-27-51(28-34-55)70(5,6)7)56-35-29-52(30-36-56)71(8,9)10)37-39-61(64)73-62-45-53(72(11,12)13)31-40-63(62)76(67)54-22-18-20-50(26-32-54)69(2,3)4/h14-17,19-20,22-46H,18,21H2,1-13H3. The molecule has 78 heavy (non-hydrogen) atoms. The van der Waals surface area contributed by atoms with Gasteiger partial charge in [-0.05, 0) is 180 Å². The zero-order valence-electron chi connectivity index (χ0n) is 48.0. The lowest BCUT2D eigenvalue weighted by atomic mass is 9.61. The van der Waals surface area contributed by atoms with Gasteiger partial charge in [0.15, 0.2) is 7.28 Å². The topological polar surface area (TPSA) is 22.9 Å². The van der Waals surface area contributed by atoms with E-state index in [2.05, 4.69) is 294 Å². The van der Waals surface area contributed by atoms with Crippen LogP contribution < -0.4 is 25.6 Å². The molecule has 2 aliphatic carbocycles. The monoisotopic (exact) mass is 1130 g/mol. The molecule has 0 unspecified atom stereocenters. The summed E-state index contributed by atoms with van der Waals surface area (Å²) in [7, 11) is 2.47. The molecule has 4 aliphatic rings. The molecule has 11 rings (SSSR count). The van der Waals surface area contributed by atoms with Crippen LogP contribution in [0, 0.1) is 5.41 Å². The lowest BCUT2D eigenvalue weighted by Gasteiger charge is -2.37. The zero-order chi connectivity index (χ0) is 54.9. The normalized spacial score (nSPS) is 16.2. The highest BCUT2D eigenvalue weighted by Gasteiger charge is 2.31. The Kier molecular flexibility index (Phi) is 13.9. The molecule has 6 aromatic carbocycles. The number of hydrogen-bond donors (Lipinski definition) is 0. The van der Waals surface area contributed by atoms with Crippen LogP contribution in [0.3, 0.4) is 0 Å². The average Bonchev–Trinajstić information content (AvgIpc) is 3.73. The van der Waals surface area contributed by atoms with Gasteiger partial charge in [0, 0.05) is 57.0 Å². The van der Waals surface area contributed by atoms with Crippen molar-refractivity contribution in [1.29, 1.82) is 0 Å². The highest BCUT2D eigenvalue weighted by molar-refractivity contribution is 14.2. The molecular weight excluding hydrogens is 1060 g/mol. The molecule has 1 radical (unpaired) electrons. The van der Waals surface area contributed by atoms with E-state index in [1.54, 1.807) is 0 Å². The molecule has 7 aromatic rings. The Morgan fingerprint density at radius 1 is 0.551 bits per heavy atom. The van der Waals surface area contributed by atoms with E-state index in [1.165, 1.54) is 57.7 Å². The summed E-state index contributed by atoms with van der Waals surface area (Å²) in [5, 5.41) is 2.27. The quantitative estimate of drug-likeness (QED) is 0.0940. The summed E-state index contributed by atoms with van der Waals surface area (Å²) in [6.45, 7) is 30.0. The average molecular weight is 1140 g/mol. The number of benzene rings is 6. The summed E-state index contributed by atoms with van der Waals surface area (Å²) in [4.78, 5) is 7.71. The number of allylic oxidation sites excluding steroid dienone is 12. The van der Waals surface area contributed by atoms with Crippen molar-refractivity contribution in [3.05, 3.63) is 237 Å². The molecule has 2 aliphatic heterocycles. The second kappa shape index (κ2) is 20.4. The molecule has 0 fully saturated rings. The van der Waals surface area contributed by atoms with Gasteiger partial charge < -0.3 is 19.1 Å². The number of furan rings is 1. The van der Waals surface area contributed by atoms with Gasteiger partial charge in [-0.2, -0.15) is 0 Å². The maximum absolute atomic E-state index is 6.51. The molecule has 0 N–H and O–H groups in total. The lowest BCUT2D eigenvalue weighted by Crippen LogP contribution is -2.41. The third kappa shape index (κ3) is 10.7. The van der Waals surface area contributed by atoms with Crippen LogP contribution >= 0.6 is 20.7 Å². The van der Waals surface area contributed by atoms with Crippen molar-refractivity contribution < 1.29 is 4.42 Å². The molecule has 2 bridgehead atoms. The second-order valence-corrected chi connectivity index (χ2v) is 28.3. The van der Waals surface area contributed by atoms with Gasteiger partial charge in [0.25, 0.3) is 0 Å². The minimum absolute atomic E-state index is 0.0209. The van der Waals surface area contributed by atoms with E-state index in [9.17, 15) is 0 Å². The van der Waals surface area contributed by atoms with Gasteiger partial charge in [0.05, 0.1) is 7.34 Å². The second-order valence-electron chi connectivity index (χ2n) is 25.6. The van der Waals surface area contributed by atoms with E-state index in [-0.39, 0.29) is 21.7 Å². The fourth-order valence-corrected chi connectivity index (χ4v) is 14.4. The SMILES string of the molecule is CC1=CC2=IC(=C1)N(C1=CC(c3ccc4c(c3)oc3ccccc34)=CC=CC1)c1cc(N(c3ccc(C(C)(C)C)cc3)c3ccc(C(C)(C)C)cc3)ccc1[B]c1cc(C(C)(C)C)ccc1N2C1=CCC=C(C(C)(C)C)C=C1. The predicted octanol–water partition coefficient (Wildman–Crippen LogP) is 18.9. The van der Waals surface area contributed by atoms with Gasteiger partial charge in [0.1, 0.15) is 11.2 Å². The third-order valence-electron chi connectivity index (χ3n) is 15.5. The lowest BCUT2D eigenvalue weighted by molar-refractivity contribution is 0.515. The van der Waals surface area contributed by atoms with E-state index in [4.69, 9.17) is 4.42 Å². The fraction of sp³-hybridized carbons (Fsp3) is 0.264. The Balaban J connectivity index is 1.16. The van der Waals surface area contributed by atoms with E-state index in [0.29, 0.717) is 0 Å². The highest BCUT2D eigenvalue weighted by atomic mass is 127. The summed E-state index contributed by atoms with van der Waals surface area (Å²) in [5.41, 5.74) is 21.0. The molecule has 1 aromatic heterocycles. The Labute approximate surface area is 475 Å². The van der Waals surface area contributed by atoms with E-state index < -0.39 is 20.7 Å². The van der Waals surface area contributed by atoms with Crippen molar-refractivity contribution in [2.24, 2.45) is 5.41 Å². The van der Waals surface area contributed by atoms with E-state index in [1.807, 2.05) is 6.07 Å². The first-order chi connectivity index (χ1) is 37.1. The van der Waals surface area contributed by atoms with E-state index >= 15 is 0 Å². The first-order valence-corrected chi connectivity index (χ1v) is 30.0. The van der Waals surface area contributed by atoms with Crippen LogP contribution in [-0.2, 0) is 16.2 Å². The number of anilines is 5. The molecule has 0 amide bonds. The van der Waals surface area contributed by atoms with Crippen LogP contribution in [0.4, 0.5) is 28.4 Å². The van der Waals surface area contributed by atoms with Crippen LogP contribution in [0.5, 0.6) is 0 Å². The molecule has 6 heteroatoms. The van der Waals surface area contributed by atoms with Crippen LogP contribution in [-0.4, -0.2) is 10.9 Å². The molecule has 0 spiro atoms. The van der Waals surface area contributed by atoms with Crippen LogP contribution in [0.25, 0.3) is 27.5 Å². The van der Waals surface area contributed by atoms with Crippen LogP contribution in [0.15, 0.2) is 219 Å². The van der Waals surface area contributed by atoms with E-state index in [0.717, 1.165) is 74.1 Å². The number of fused-ring (bicyclic) bond motifs is 6. The summed E-state index contributed by atoms with van der Waals surface area (Å²) in [5.74, 6) is 0. The zero-order valence-corrected chi connectivity index (χ0v) is 50.2. The van der Waals surface area contributed by atoms with Gasteiger partial charge in [-0.25, -0.2) is 0 Å². The van der Waals surface area contributed by atoms with Crippen molar-refractivity contribution >= 4 is 98.5 Å². The van der Waals surface area contributed by atoms with Crippen LogP contribution in [0.2, 0.25) is 0 Å². The van der Waals surface area contributed by atoms with Gasteiger partial charge in [-0.1, -0.05) is 197 Å². The largest absolute Gasteiger partial charge is 0.456 e. The Bertz CT molecular complexity index is 3740. The first kappa shape index (κ1) is 53.1. The maximum Gasteiger partial charge on any atom is 0.197 e. The number of nitrogens with zero attached hydrogens (tertiary/aromatic N) is 3. The Morgan fingerprint density at radius 2 is 1.21 bits per heavy atom. The predicted molar refractivity (Wildman–Crippen MR) is 347 cm³/mol. The third-order valence-corrected chi connectivity index (χ3v) is 18.2.